The Kier molecular flexibility index (Phi) is 3.91. The molecule has 4 rings (SSSR count). The van der Waals surface area contributed by atoms with Crippen molar-refractivity contribution < 1.29 is 4.79 Å². The zero-order chi connectivity index (χ0) is 16.7. The molecule has 1 saturated carbocycles. The van der Waals surface area contributed by atoms with Gasteiger partial charge in [-0.05, 0) is 50.2 Å². The first-order valence-corrected chi connectivity index (χ1v) is 9.07. The predicted molar refractivity (Wildman–Crippen MR) is 96.9 cm³/mol. The first-order valence-electron chi connectivity index (χ1n) is 9.07. The highest BCUT2D eigenvalue weighted by Crippen LogP contribution is 2.50. The molecule has 3 atom stereocenters. The van der Waals surface area contributed by atoms with Crippen LogP contribution in [0.2, 0.25) is 0 Å². The lowest BCUT2D eigenvalue weighted by Gasteiger charge is -2.26. The van der Waals surface area contributed by atoms with E-state index in [9.17, 15) is 4.79 Å². The molecule has 1 aliphatic carbocycles. The molecular formula is C22H25NO. The van der Waals surface area contributed by atoms with Crippen LogP contribution in [-0.4, -0.2) is 17.4 Å². The van der Waals surface area contributed by atoms with E-state index in [1.165, 1.54) is 22.3 Å². The van der Waals surface area contributed by atoms with Gasteiger partial charge in [0.2, 0.25) is 5.91 Å². The number of amides is 1. The Labute approximate surface area is 144 Å². The largest absolute Gasteiger partial charge is 0.335 e. The standard InChI is InChI=1S/C22H25NO/c1-15-11-16(2)13-18(12-15)21-9-6-10-23(21)22(24)20-14-19(20)17-7-4-3-5-8-17/h3-5,7-8,11-13,19-21H,6,9-10,14H2,1-2H3. The van der Waals surface area contributed by atoms with Gasteiger partial charge in [-0.15, -0.1) is 0 Å². The van der Waals surface area contributed by atoms with E-state index in [2.05, 4.69) is 61.2 Å². The second-order valence-corrected chi connectivity index (χ2v) is 7.47. The van der Waals surface area contributed by atoms with Gasteiger partial charge >= 0.3 is 0 Å². The number of carbonyl (C=O) groups excluding carboxylic acids is 1. The second-order valence-electron chi connectivity index (χ2n) is 7.47. The summed E-state index contributed by atoms with van der Waals surface area (Å²) in [6, 6.07) is 17.5. The monoisotopic (exact) mass is 319 g/mol. The van der Waals surface area contributed by atoms with Crippen LogP contribution in [0.25, 0.3) is 0 Å². The minimum absolute atomic E-state index is 0.193. The van der Waals surface area contributed by atoms with Crippen LogP contribution in [0.4, 0.5) is 0 Å². The Bertz CT molecular complexity index is 732. The molecule has 0 spiro atoms. The SMILES string of the molecule is Cc1cc(C)cc(C2CCCN2C(=O)C2CC2c2ccccc2)c1. The number of likely N-dealkylation sites (tertiary alicyclic amines) is 1. The molecule has 3 unspecified atom stereocenters. The normalized spacial score (nSPS) is 25.8. The highest BCUT2D eigenvalue weighted by molar-refractivity contribution is 5.83. The molecule has 1 amide bonds. The maximum absolute atomic E-state index is 13.1. The summed E-state index contributed by atoms with van der Waals surface area (Å²) >= 11 is 0. The van der Waals surface area contributed by atoms with Gasteiger partial charge in [0.05, 0.1) is 6.04 Å². The van der Waals surface area contributed by atoms with Crippen LogP contribution < -0.4 is 0 Å². The van der Waals surface area contributed by atoms with Gasteiger partial charge in [0, 0.05) is 12.5 Å². The topological polar surface area (TPSA) is 20.3 Å². The Morgan fingerprint density at radius 1 is 1.00 bits per heavy atom. The van der Waals surface area contributed by atoms with E-state index in [4.69, 9.17) is 0 Å². The molecule has 2 nitrogen and oxygen atoms in total. The van der Waals surface area contributed by atoms with E-state index in [0.717, 1.165) is 25.8 Å². The van der Waals surface area contributed by atoms with E-state index in [0.29, 0.717) is 11.8 Å². The number of rotatable bonds is 3. The molecule has 2 fully saturated rings. The molecule has 0 N–H and O–H groups in total. The summed E-state index contributed by atoms with van der Waals surface area (Å²) in [5.41, 5.74) is 5.21. The van der Waals surface area contributed by atoms with Gasteiger partial charge in [0.1, 0.15) is 0 Å². The third-order valence-electron chi connectivity index (χ3n) is 5.50. The van der Waals surface area contributed by atoms with Gasteiger partial charge in [-0.1, -0.05) is 59.7 Å². The summed E-state index contributed by atoms with van der Waals surface area (Å²) in [5, 5.41) is 0. The van der Waals surface area contributed by atoms with Crippen LogP contribution >= 0.6 is 0 Å². The molecule has 24 heavy (non-hydrogen) atoms. The summed E-state index contributed by atoms with van der Waals surface area (Å²) < 4.78 is 0. The lowest BCUT2D eigenvalue weighted by atomic mass is 9.99. The van der Waals surface area contributed by atoms with E-state index in [1.807, 2.05) is 6.07 Å². The van der Waals surface area contributed by atoms with E-state index in [1.54, 1.807) is 0 Å². The van der Waals surface area contributed by atoms with Crippen LogP contribution in [0.15, 0.2) is 48.5 Å². The van der Waals surface area contributed by atoms with Crippen molar-refractivity contribution >= 4 is 5.91 Å². The maximum Gasteiger partial charge on any atom is 0.226 e. The van der Waals surface area contributed by atoms with Gasteiger partial charge in [-0.25, -0.2) is 0 Å². The molecule has 0 bridgehead atoms. The lowest BCUT2D eigenvalue weighted by molar-refractivity contribution is -0.133. The molecule has 2 aliphatic rings. The molecular weight excluding hydrogens is 294 g/mol. The molecule has 1 aliphatic heterocycles. The van der Waals surface area contributed by atoms with Crippen LogP contribution in [0, 0.1) is 19.8 Å². The van der Waals surface area contributed by atoms with Gasteiger partial charge in [-0.3, -0.25) is 4.79 Å². The number of hydrogen-bond acceptors (Lipinski definition) is 1. The average molecular weight is 319 g/mol. The Morgan fingerprint density at radius 3 is 2.42 bits per heavy atom. The third kappa shape index (κ3) is 2.86. The number of carbonyl (C=O) groups is 1. The number of nitrogens with zero attached hydrogens (tertiary/aromatic N) is 1. The zero-order valence-electron chi connectivity index (χ0n) is 14.5. The number of benzene rings is 2. The van der Waals surface area contributed by atoms with Crippen molar-refractivity contribution in [3.8, 4) is 0 Å². The van der Waals surface area contributed by atoms with Crippen molar-refractivity contribution in [3.05, 3.63) is 70.8 Å². The van der Waals surface area contributed by atoms with Gasteiger partial charge in [0.25, 0.3) is 0 Å². The fourth-order valence-corrected chi connectivity index (χ4v) is 4.33. The average Bonchev–Trinajstić information content (AvgIpc) is 3.22. The summed E-state index contributed by atoms with van der Waals surface area (Å²) in [5.74, 6) is 0.989. The first-order chi connectivity index (χ1) is 11.6. The van der Waals surface area contributed by atoms with Crippen LogP contribution in [-0.2, 0) is 4.79 Å². The van der Waals surface area contributed by atoms with Crippen LogP contribution in [0.3, 0.4) is 0 Å². The van der Waals surface area contributed by atoms with Crippen molar-refractivity contribution in [2.45, 2.75) is 45.1 Å². The van der Waals surface area contributed by atoms with Crippen molar-refractivity contribution in [1.82, 2.24) is 4.90 Å². The molecule has 0 aromatic heterocycles. The van der Waals surface area contributed by atoms with Gasteiger partial charge in [0.15, 0.2) is 0 Å². The van der Waals surface area contributed by atoms with Crippen molar-refractivity contribution in [2.75, 3.05) is 6.54 Å². The Balaban J connectivity index is 1.52. The zero-order valence-corrected chi connectivity index (χ0v) is 14.5. The maximum atomic E-state index is 13.1. The minimum atomic E-state index is 0.193. The van der Waals surface area contributed by atoms with Crippen molar-refractivity contribution in [3.63, 3.8) is 0 Å². The molecule has 124 valence electrons. The smallest absolute Gasteiger partial charge is 0.226 e. The predicted octanol–water partition coefficient (Wildman–Crippen LogP) is 4.77. The summed E-state index contributed by atoms with van der Waals surface area (Å²) in [6.07, 6.45) is 3.22. The molecule has 2 aromatic carbocycles. The summed E-state index contributed by atoms with van der Waals surface area (Å²) in [7, 11) is 0. The van der Waals surface area contributed by atoms with Gasteiger partial charge in [-0.2, -0.15) is 0 Å². The Morgan fingerprint density at radius 2 is 1.71 bits per heavy atom. The molecule has 2 heteroatoms. The van der Waals surface area contributed by atoms with E-state index < -0.39 is 0 Å². The van der Waals surface area contributed by atoms with Gasteiger partial charge < -0.3 is 4.90 Å². The number of aryl methyl sites for hydroxylation is 2. The third-order valence-corrected chi connectivity index (χ3v) is 5.50. The summed E-state index contributed by atoms with van der Waals surface area (Å²) in [4.78, 5) is 15.2. The molecule has 2 aromatic rings. The highest BCUT2D eigenvalue weighted by atomic mass is 16.2. The molecule has 1 heterocycles. The number of hydrogen-bond donors (Lipinski definition) is 0. The van der Waals surface area contributed by atoms with E-state index >= 15 is 0 Å². The minimum Gasteiger partial charge on any atom is -0.335 e. The summed E-state index contributed by atoms with van der Waals surface area (Å²) in [6.45, 7) is 5.20. The second kappa shape index (κ2) is 6.08. The van der Waals surface area contributed by atoms with Crippen LogP contribution in [0.1, 0.15) is 53.5 Å². The van der Waals surface area contributed by atoms with Crippen molar-refractivity contribution in [1.29, 1.82) is 0 Å². The highest BCUT2D eigenvalue weighted by Gasteiger charge is 2.47. The fourth-order valence-electron chi connectivity index (χ4n) is 4.33. The first kappa shape index (κ1) is 15.4. The Hall–Kier alpha value is -2.09. The van der Waals surface area contributed by atoms with Crippen LogP contribution in [0.5, 0.6) is 0 Å². The quantitative estimate of drug-likeness (QED) is 0.798. The lowest BCUT2D eigenvalue weighted by Crippen LogP contribution is -2.32. The molecule has 0 radical (unpaired) electrons. The molecule has 1 saturated heterocycles. The van der Waals surface area contributed by atoms with E-state index in [-0.39, 0.29) is 12.0 Å². The fraction of sp³-hybridized carbons (Fsp3) is 0.409. The van der Waals surface area contributed by atoms with Crippen molar-refractivity contribution in [2.24, 2.45) is 5.92 Å².